The number of thioether (sulfide) groups is 1. The summed E-state index contributed by atoms with van der Waals surface area (Å²) >= 11 is 1.38. The molecular formula is C17H17N3O2S. The monoisotopic (exact) mass is 327 g/mol. The van der Waals surface area contributed by atoms with Gasteiger partial charge in [-0.25, -0.2) is 4.98 Å². The molecule has 0 radical (unpaired) electrons. The second-order valence-corrected chi connectivity index (χ2v) is 6.06. The number of benzene rings is 1. The van der Waals surface area contributed by atoms with Gasteiger partial charge in [0.2, 0.25) is 5.91 Å². The van der Waals surface area contributed by atoms with Crippen LogP contribution in [0.1, 0.15) is 11.3 Å². The smallest absolute Gasteiger partial charge is 0.227 e. The predicted octanol–water partition coefficient (Wildman–Crippen LogP) is 2.80. The van der Waals surface area contributed by atoms with Crippen molar-refractivity contribution in [2.45, 2.75) is 18.6 Å². The van der Waals surface area contributed by atoms with Crippen molar-refractivity contribution in [1.29, 1.82) is 0 Å². The number of aryl methyl sites for hydroxylation is 1. The van der Waals surface area contributed by atoms with Crippen molar-refractivity contribution in [1.82, 2.24) is 9.38 Å². The summed E-state index contributed by atoms with van der Waals surface area (Å²) in [5.74, 6) is 0.593. The lowest BCUT2D eigenvalue weighted by Gasteiger charge is -2.08. The lowest BCUT2D eigenvalue weighted by molar-refractivity contribution is -0.115. The van der Waals surface area contributed by atoms with Crippen LogP contribution in [-0.4, -0.2) is 21.0 Å². The van der Waals surface area contributed by atoms with Gasteiger partial charge in [-0.15, -0.1) is 0 Å². The molecule has 0 aliphatic heterocycles. The van der Waals surface area contributed by atoms with Crippen LogP contribution in [-0.2, 0) is 11.4 Å². The topological polar surface area (TPSA) is 69.6 Å². The molecule has 3 aromatic rings. The van der Waals surface area contributed by atoms with Crippen LogP contribution >= 0.6 is 11.8 Å². The van der Waals surface area contributed by atoms with Gasteiger partial charge in [0, 0.05) is 6.20 Å². The van der Waals surface area contributed by atoms with Crippen molar-refractivity contribution in [2.75, 3.05) is 5.75 Å². The lowest BCUT2D eigenvalue weighted by Crippen LogP contribution is -2.13. The number of nitrogens with two attached hydrogens (primary N) is 1. The molecule has 0 saturated heterocycles. The highest BCUT2D eigenvalue weighted by Crippen LogP contribution is 2.28. The van der Waals surface area contributed by atoms with E-state index in [1.807, 2.05) is 60.0 Å². The summed E-state index contributed by atoms with van der Waals surface area (Å²) in [5.41, 5.74) is 7.93. The number of imidazole rings is 1. The molecular weight excluding hydrogens is 310 g/mol. The second-order valence-electron chi connectivity index (χ2n) is 5.10. The molecule has 5 nitrogen and oxygen atoms in total. The maximum Gasteiger partial charge on any atom is 0.227 e. The molecule has 2 N–H and O–H groups in total. The lowest BCUT2D eigenvalue weighted by atomic mass is 10.2. The van der Waals surface area contributed by atoms with Gasteiger partial charge in [0.1, 0.15) is 11.6 Å². The Balaban J connectivity index is 1.87. The van der Waals surface area contributed by atoms with Crippen LogP contribution in [0.4, 0.5) is 0 Å². The van der Waals surface area contributed by atoms with Gasteiger partial charge >= 0.3 is 0 Å². The highest BCUT2D eigenvalue weighted by atomic mass is 32.2. The number of carbonyl (C=O) groups excluding carboxylic acids is 1. The van der Waals surface area contributed by atoms with E-state index in [4.69, 9.17) is 10.5 Å². The van der Waals surface area contributed by atoms with Crippen molar-refractivity contribution < 1.29 is 9.53 Å². The summed E-state index contributed by atoms with van der Waals surface area (Å²) in [6, 6.07) is 13.8. The quantitative estimate of drug-likeness (QED) is 0.707. The van der Waals surface area contributed by atoms with E-state index in [0.29, 0.717) is 12.4 Å². The Hall–Kier alpha value is -2.47. The first kappa shape index (κ1) is 15.4. The molecule has 0 atom stereocenters. The molecule has 0 aliphatic rings. The summed E-state index contributed by atoms with van der Waals surface area (Å²) in [6.45, 7) is 2.40. The molecule has 1 aromatic carbocycles. The van der Waals surface area contributed by atoms with Crippen LogP contribution in [0, 0.1) is 6.92 Å². The molecule has 0 aliphatic carbocycles. The molecule has 0 bridgehead atoms. The molecule has 0 unspecified atom stereocenters. The number of rotatable bonds is 6. The molecule has 3 rings (SSSR count). The van der Waals surface area contributed by atoms with E-state index in [1.54, 1.807) is 0 Å². The summed E-state index contributed by atoms with van der Waals surface area (Å²) in [5, 5.41) is 0.906. The molecule has 0 saturated carbocycles. The number of primary amides is 1. The van der Waals surface area contributed by atoms with Gasteiger partial charge in [0.25, 0.3) is 0 Å². The van der Waals surface area contributed by atoms with Gasteiger partial charge in [0.05, 0.1) is 11.4 Å². The van der Waals surface area contributed by atoms with E-state index >= 15 is 0 Å². The standard InChI is InChI=1S/C17H17N3O2S/c1-12-17(23-11-15(18)21)20-9-5-8-14(16(20)19-12)22-10-13-6-3-2-4-7-13/h2-9H,10-11H2,1H3,(H2,18,21). The number of pyridine rings is 1. The van der Waals surface area contributed by atoms with E-state index < -0.39 is 0 Å². The third-order valence-corrected chi connectivity index (χ3v) is 4.52. The van der Waals surface area contributed by atoms with E-state index in [-0.39, 0.29) is 11.7 Å². The number of fused-ring (bicyclic) bond motifs is 1. The van der Waals surface area contributed by atoms with Crippen LogP contribution < -0.4 is 10.5 Å². The summed E-state index contributed by atoms with van der Waals surface area (Å²) < 4.78 is 7.85. The molecule has 0 spiro atoms. The molecule has 1 amide bonds. The van der Waals surface area contributed by atoms with E-state index in [9.17, 15) is 4.79 Å². The van der Waals surface area contributed by atoms with Crippen molar-refractivity contribution in [3.8, 4) is 5.75 Å². The Bertz CT molecular complexity index is 830. The van der Waals surface area contributed by atoms with Gasteiger partial charge in [-0.2, -0.15) is 0 Å². The van der Waals surface area contributed by atoms with E-state index in [0.717, 1.165) is 21.9 Å². The maximum atomic E-state index is 11.0. The SMILES string of the molecule is Cc1nc2c(OCc3ccccc3)cccn2c1SCC(N)=O. The van der Waals surface area contributed by atoms with Gasteiger partial charge < -0.3 is 10.5 Å². The number of nitrogens with zero attached hydrogens (tertiary/aromatic N) is 2. The first-order chi connectivity index (χ1) is 11.1. The van der Waals surface area contributed by atoms with Crippen molar-refractivity contribution >= 4 is 23.3 Å². The largest absolute Gasteiger partial charge is 0.485 e. The number of hydrogen-bond donors (Lipinski definition) is 1. The van der Waals surface area contributed by atoms with Crippen molar-refractivity contribution in [3.05, 3.63) is 59.9 Å². The van der Waals surface area contributed by atoms with Gasteiger partial charge in [-0.05, 0) is 24.6 Å². The molecule has 2 aromatic heterocycles. The molecule has 118 valence electrons. The Kier molecular flexibility index (Phi) is 4.52. The maximum absolute atomic E-state index is 11.0. The van der Waals surface area contributed by atoms with Crippen LogP contribution in [0.5, 0.6) is 5.75 Å². The number of ether oxygens (including phenoxy) is 1. The highest BCUT2D eigenvalue weighted by molar-refractivity contribution is 8.00. The van der Waals surface area contributed by atoms with E-state index in [1.165, 1.54) is 11.8 Å². The average molecular weight is 327 g/mol. The second kappa shape index (κ2) is 6.75. The van der Waals surface area contributed by atoms with Crippen LogP contribution in [0.25, 0.3) is 5.65 Å². The summed E-state index contributed by atoms with van der Waals surface area (Å²) in [4.78, 5) is 15.6. The Labute approximate surface area is 138 Å². The zero-order valence-corrected chi connectivity index (χ0v) is 13.5. The number of amides is 1. The van der Waals surface area contributed by atoms with Gasteiger partial charge in [0.15, 0.2) is 11.4 Å². The molecule has 0 fully saturated rings. The highest BCUT2D eigenvalue weighted by Gasteiger charge is 2.13. The first-order valence-corrected chi connectivity index (χ1v) is 8.19. The predicted molar refractivity (Wildman–Crippen MR) is 90.6 cm³/mol. The van der Waals surface area contributed by atoms with Crippen LogP contribution in [0.2, 0.25) is 0 Å². The number of hydrogen-bond acceptors (Lipinski definition) is 4. The minimum absolute atomic E-state index is 0.226. The first-order valence-electron chi connectivity index (χ1n) is 7.20. The number of carbonyl (C=O) groups is 1. The fourth-order valence-electron chi connectivity index (χ4n) is 2.30. The van der Waals surface area contributed by atoms with Gasteiger partial charge in [-0.3, -0.25) is 9.20 Å². The van der Waals surface area contributed by atoms with E-state index in [2.05, 4.69) is 4.98 Å². The van der Waals surface area contributed by atoms with Crippen molar-refractivity contribution in [2.24, 2.45) is 5.73 Å². The molecule has 2 heterocycles. The third kappa shape index (κ3) is 3.48. The third-order valence-electron chi connectivity index (χ3n) is 3.32. The minimum Gasteiger partial charge on any atom is -0.485 e. The fraction of sp³-hybridized carbons (Fsp3) is 0.176. The Morgan fingerprint density at radius 2 is 2.04 bits per heavy atom. The summed E-state index contributed by atoms with van der Waals surface area (Å²) in [6.07, 6.45) is 1.91. The normalized spacial score (nSPS) is 10.8. The van der Waals surface area contributed by atoms with Gasteiger partial charge in [-0.1, -0.05) is 42.1 Å². The summed E-state index contributed by atoms with van der Waals surface area (Å²) in [7, 11) is 0. The minimum atomic E-state index is -0.346. The Morgan fingerprint density at radius 1 is 1.26 bits per heavy atom. The van der Waals surface area contributed by atoms with Crippen LogP contribution in [0.3, 0.4) is 0 Å². The van der Waals surface area contributed by atoms with Crippen LogP contribution in [0.15, 0.2) is 53.7 Å². The number of aromatic nitrogens is 2. The average Bonchev–Trinajstić information content (AvgIpc) is 2.88. The van der Waals surface area contributed by atoms with Crippen molar-refractivity contribution in [3.63, 3.8) is 0 Å². The molecule has 6 heteroatoms. The molecule has 23 heavy (non-hydrogen) atoms. The fourth-order valence-corrected chi connectivity index (χ4v) is 3.12. The zero-order valence-electron chi connectivity index (χ0n) is 12.7. The Morgan fingerprint density at radius 3 is 2.78 bits per heavy atom. The zero-order chi connectivity index (χ0) is 16.2.